The Bertz CT molecular complexity index is 784. The molecular weight excluding hydrogens is 378 g/mol. The van der Waals surface area contributed by atoms with Crippen molar-refractivity contribution in [2.75, 3.05) is 0 Å². The van der Waals surface area contributed by atoms with Crippen LogP contribution in [0.2, 0.25) is 0 Å². The molecule has 22 heavy (non-hydrogen) atoms. The van der Waals surface area contributed by atoms with Crippen molar-refractivity contribution in [2.45, 2.75) is 26.3 Å². The highest BCUT2D eigenvalue weighted by Gasteiger charge is 2.25. The van der Waals surface area contributed by atoms with Crippen LogP contribution in [0.4, 0.5) is 8.78 Å². The summed E-state index contributed by atoms with van der Waals surface area (Å²) in [6.45, 7) is 3.48. The highest BCUT2D eigenvalue weighted by molar-refractivity contribution is 9.10. The molecule has 0 radical (unpaired) electrons. The fourth-order valence-electron chi connectivity index (χ4n) is 2.05. The van der Waals surface area contributed by atoms with E-state index >= 15 is 0 Å². The minimum absolute atomic E-state index is 0.289. The molecule has 0 aliphatic rings. The van der Waals surface area contributed by atoms with Crippen molar-refractivity contribution in [2.24, 2.45) is 0 Å². The average Bonchev–Trinajstić information content (AvgIpc) is 3.19. The molecule has 0 bridgehead atoms. The van der Waals surface area contributed by atoms with E-state index in [2.05, 4.69) is 31.2 Å². The van der Waals surface area contributed by atoms with Gasteiger partial charge in [0, 0.05) is 0 Å². The molecule has 0 unspecified atom stereocenters. The van der Waals surface area contributed by atoms with Crippen LogP contribution in [-0.2, 0) is 0 Å². The minimum atomic E-state index is -2.65. The Balaban J connectivity index is 1.95. The van der Waals surface area contributed by atoms with Crippen molar-refractivity contribution < 1.29 is 13.2 Å². The molecule has 0 aliphatic heterocycles. The van der Waals surface area contributed by atoms with Crippen LogP contribution in [0.1, 0.15) is 36.7 Å². The lowest BCUT2D eigenvalue weighted by Crippen LogP contribution is -2.11. The molecule has 116 valence electrons. The minimum Gasteiger partial charge on any atom is -0.418 e. The molecule has 3 aromatic rings. The number of thiophene rings is 1. The first-order valence-electron chi connectivity index (χ1n) is 6.39. The summed E-state index contributed by atoms with van der Waals surface area (Å²) in [7, 11) is 0. The van der Waals surface area contributed by atoms with Crippen LogP contribution in [0.25, 0.3) is 10.8 Å². The molecular formula is C13H11BrF2N4OS. The zero-order valence-corrected chi connectivity index (χ0v) is 14.0. The number of rotatable bonds is 4. The summed E-state index contributed by atoms with van der Waals surface area (Å²) in [4.78, 5) is 0.859. The van der Waals surface area contributed by atoms with Gasteiger partial charge < -0.3 is 4.42 Å². The number of hydrogen-bond acceptors (Lipinski definition) is 5. The van der Waals surface area contributed by atoms with Crippen LogP contribution in [0.3, 0.4) is 0 Å². The van der Waals surface area contributed by atoms with Crippen molar-refractivity contribution in [3.05, 3.63) is 39.3 Å². The molecule has 0 amide bonds. The third-order valence-corrected chi connectivity index (χ3v) is 5.04. The van der Waals surface area contributed by atoms with E-state index in [-0.39, 0.29) is 5.69 Å². The summed E-state index contributed by atoms with van der Waals surface area (Å²) in [5, 5.41) is 13.9. The molecule has 9 heteroatoms. The van der Waals surface area contributed by atoms with Crippen LogP contribution in [0, 0.1) is 6.92 Å². The van der Waals surface area contributed by atoms with E-state index in [9.17, 15) is 8.78 Å². The van der Waals surface area contributed by atoms with Gasteiger partial charge in [-0.2, -0.15) is 5.10 Å². The summed E-state index contributed by atoms with van der Waals surface area (Å²) in [6.07, 6.45) is -2.65. The first kappa shape index (κ1) is 15.3. The van der Waals surface area contributed by atoms with E-state index < -0.39 is 12.5 Å². The van der Waals surface area contributed by atoms with Gasteiger partial charge in [-0.15, -0.1) is 21.5 Å². The normalized spacial score (nSPS) is 13.0. The van der Waals surface area contributed by atoms with Gasteiger partial charge >= 0.3 is 0 Å². The number of aromatic nitrogens is 4. The summed E-state index contributed by atoms with van der Waals surface area (Å²) in [5.74, 6) is 0.733. The predicted octanol–water partition coefficient (Wildman–Crippen LogP) is 4.61. The number of halogens is 3. The Morgan fingerprint density at radius 3 is 2.73 bits per heavy atom. The summed E-state index contributed by atoms with van der Waals surface area (Å²) in [5.41, 5.74) is 0.293. The number of hydrogen-bond donors (Lipinski definition) is 0. The van der Waals surface area contributed by atoms with Gasteiger partial charge in [0.05, 0.1) is 15.0 Å². The van der Waals surface area contributed by atoms with Crippen LogP contribution in [0.15, 0.2) is 26.4 Å². The fourth-order valence-corrected chi connectivity index (χ4v) is 3.12. The van der Waals surface area contributed by atoms with E-state index in [1.165, 1.54) is 16.0 Å². The van der Waals surface area contributed by atoms with Gasteiger partial charge in [-0.05, 0) is 41.2 Å². The molecule has 0 N–H and O–H groups in total. The van der Waals surface area contributed by atoms with Crippen molar-refractivity contribution in [1.82, 2.24) is 20.0 Å². The molecule has 0 saturated carbocycles. The average molecular weight is 389 g/mol. The van der Waals surface area contributed by atoms with Crippen molar-refractivity contribution in [3.8, 4) is 10.8 Å². The summed E-state index contributed by atoms with van der Waals surface area (Å²) < 4.78 is 33.2. The standard InChI is InChI=1S/C13H11BrF2N4OS/c1-6-9(14)10(11(15)16)19-20(6)7(2)12-17-18-13(21-12)8-4-3-5-22-8/h3-5,7,11H,1-2H3/t7-/m0/s1. The maximum atomic E-state index is 12.9. The zero-order chi connectivity index (χ0) is 15.9. The monoisotopic (exact) mass is 388 g/mol. The van der Waals surface area contributed by atoms with E-state index in [1.54, 1.807) is 13.8 Å². The fraction of sp³-hybridized carbons (Fsp3) is 0.308. The van der Waals surface area contributed by atoms with Gasteiger partial charge in [0.2, 0.25) is 5.89 Å². The Morgan fingerprint density at radius 1 is 1.36 bits per heavy atom. The second kappa shape index (κ2) is 5.88. The lowest BCUT2D eigenvalue weighted by Gasteiger charge is -2.09. The zero-order valence-electron chi connectivity index (χ0n) is 11.6. The lowest BCUT2D eigenvalue weighted by molar-refractivity contribution is 0.144. The largest absolute Gasteiger partial charge is 0.418 e. The Hall–Kier alpha value is -1.61. The Morgan fingerprint density at radius 2 is 2.14 bits per heavy atom. The van der Waals surface area contributed by atoms with E-state index in [0.717, 1.165) is 4.88 Å². The third-order valence-electron chi connectivity index (χ3n) is 3.21. The smallest absolute Gasteiger partial charge is 0.283 e. The van der Waals surface area contributed by atoms with Crippen molar-refractivity contribution in [3.63, 3.8) is 0 Å². The molecule has 3 aromatic heterocycles. The van der Waals surface area contributed by atoms with Crippen LogP contribution >= 0.6 is 27.3 Å². The lowest BCUT2D eigenvalue weighted by atomic mass is 10.3. The van der Waals surface area contributed by atoms with Crippen molar-refractivity contribution >= 4 is 27.3 Å². The first-order chi connectivity index (χ1) is 10.5. The van der Waals surface area contributed by atoms with E-state index in [1.807, 2.05) is 17.5 Å². The predicted molar refractivity (Wildman–Crippen MR) is 81.0 cm³/mol. The van der Waals surface area contributed by atoms with Crippen molar-refractivity contribution in [1.29, 1.82) is 0 Å². The molecule has 0 spiro atoms. The Labute approximate surface area is 137 Å². The molecule has 3 heterocycles. The number of nitrogens with zero attached hydrogens (tertiary/aromatic N) is 4. The molecule has 0 aromatic carbocycles. The van der Waals surface area contributed by atoms with E-state index in [0.29, 0.717) is 21.9 Å². The third kappa shape index (κ3) is 2.58. The maximum Gasteiger partial charge on any atom is 0.283 e. The molecule has 0 saturated heterocycles. The van der Waals surface area contributed by atoms with E-state index in [4.69, 9.17) is 4.42 Å². The summed E-state index contributed by atoms with van der Waals surface area (Å²) in [6, 6.07) is 3.32. The highest BCUT2D eigenvalue weighted by Crippen LogP contribution is 2.32. The second-order valence-electron chi connectivity index (χ2n) is 4.63. The second-order valence-corrected chi connectivity index (χ2v) is 6.37. The molecule has 0 fully saturated rings. The van der Waals surface area contributed by atoms with Gasteiger partial charge in [0.25, 0.3) is 12.3 Å². The van der Waals surface area contributed by atoms with Gasteiger partial charge in [-0.25, -0.2) is 8.78 Å². The molecule has 3 rings (SSSR count). The van der Waals surface area contributed by atoms with Gasteiger partial charge in [0.15, 0.2) is 0 Å². The van der Waals surface area contributed by atoms with Gasteiger partial charge in [-0.1, -0.05) is 6.07 Å². The number of alkyl halides is 2. The van der Waals surface area contributed by atoms with Crippen LogP contribution in [-0.4, -0.2) is 20.0 Å². The van der Waals surface area contributed by atoms with Gasteiger partial charge in [-0.3, -0.25) is 4.68 Å². The Kier molecular flexibility index (Phi) is 4.09. The summed E-state index contributed by atoms with van der Waals surface area (Å²) >= 11 is 4.64. The SMILES string of the molecule is Cc1c(Br)c(C(F)F)nn1[C@@H](C)c1nnc(-c2cccs2)o1. The maximum absolute atomic E-state index is 12.9. The highest BCUT2D eigenvalue weighted by atomic mass is 79.9. The molecule has 1 atom stereocenters. The molecule has 5 nitrogen and oxygen atoms in total. The quantitative estimate of drug-likeness (QED) is 0.654. The van der Waals surface area contributed by atoms with Crippen LogP contribution in [0.5, 0.6) is 0 Å². The molecule has 0 aliphatic carbocycles. The van der Waals surface area contributed by atoms with Gasteiger partial charge in [0.1, 0.15) is 11.7 Å². The topological polar surface area (TPSA) is 56.7 Å². The first-order valence-corrected chi connectivity index (χ1v) is 8.06. The van der Waals surface area contributed by atoms with Crippen LogP contribution < -0.4 is 0 Å².